The van der Waals surface area contributed by atoms with Gasteiger partial charge in [-0.25, -0.2) is 0 Å². The van der Waals surface area contributed by atoms with Crippen LogP contribution in [0.5, 0.6) is 0 Å². The number of hydrogen-bond acceptors (Lipinski definition) is 2. The third kappa shape index (κ3) is 4.56. The summed E-state index contributed by atoms with van der Waals surface area (Å²) in [4.78, 5) is 15.2. The highest BCUT2D eigenvalue weighted by Gasteiger charge is 2.43. The van der Waals surface area contributed by atoms with Gasteiger partial charge in [0.05, 0.1) is 11.6 Å². The minimum absolute atomic E-state index is 0.0409. The number of rotatable bonds is 3. The third-order valence-corrected chi connectivity index (χ3v) is 5.21. The molecule has 0 saturated carbocycles. The van der Waals surface area contributed by atoms with Crippen molar-refractivity contribution < 1.29 is 31.1 Å². The van der Waals surface area contributed by atoms with Gasteiger partial charge in [-0.1, -0.05) is 18.6 Å². The predicted molar refractivity (Wildman–Crippen MR) is 85.8 cm³/mol. The number of alkyl halides is 6. The standard InChI is InChI=1S/C18H20F6N2O/c19-17(20,21)11-25-10-8-15(16(25)27)26-9-2-1-3-14(26)12-4-6-13(7-5-12)18(22,23)24/h4-7,14-15H,1-3,8-11H2. The van der Waals surface area contributed by atoms with Gasteiger partial charge >= 0.3 is 12.4 Å². The van der Waals surface area contributed by atoms with Gasteiger partial charge in [-0.05, 0) is 43.5 Å². The van der Waals surface area contributed by atoms with Crippen LogP contribution in [0.4, 0.5) is 26.3 Å². The minimum atomic E-state index is -4.45. The van der Waals surface area contributed by atoms with E-state index in [9.17, 15) is 31.1 Å². The van der Waals surface area contributed by atoms with E-state index in [1.165, 1.54) is 12.1 Å². The molecule has 2 atom stereocenters. The van der Waals surface area contributed by atoms with Crippen LogP contribution in [0.3, 0.4) is 0 Å². The first-order valence-electron chi connectivity index (χ1n) is 8.85. The van der Waals surface area contributed by atoms with E-state index in [-0.39, 0.29) is 12.6 Å². The molecule has 2 aliphatic heterocycles. The lowest BCUT2D eigenvalue weighted by molar-refractivity contribution is -0.159. The number of likely N-dealkylation sites (tertiary alicyclic amines) is 2. The second-order valence-electron chi connectivity index (χ2n) is 7.05. The topological polar surface area (TPSA) is 23.6 Å². The quantitative estimate of drug-likeness (QED) is 0.710. The molecule has 3 nitrogen and oxygen atoms in total. The van der Waals surface area contributed by atoms with Crippen LogP contribution in [-0.4, -0.2) is 47.6 Å². The molecule has 0 spiro atoms. The molecule has 1 aromatic carbocycles. The van der Waals surface area contributed by atoms with E-state index >= 15 is 0 Å². The van der Waals surface area contributed by atoms with E-state index < -0.39 is 36.4 Å². The van der Waals surface area contributed by atoms with E-state index in [4.69, 9.17) is 0 Å². The number of benzene rings is 1. The fourth-order valence-corrected chi connectivity index (χ4v) is 3.98. The van der Waals surface area contributed by atoms with Gasteiger partial charge in [0.15, 0.2) is 0 Å². The Hall–Kier alpha value is -1.77. The van der Waals surface area contributed by atoms with Crippen molar-refractivity contribution in [1.29, 1.82) is 0 Å². The van der Waals surface area contributed by atoms with Gasteiger partial charge < -0.3 is 4.90 Å². The minimum Gasteiger partial charge on any atom is -0.332 e. The van der Waals surface area contributed by atoms with Crippen molar-refractivity contribution in [3.05, 3.63) is 35.4 Å². The lowest BCUT2D eigenvalue weighted by Gasteiger charge is -2.39. The fourth-order valence-electron chi connectivity index (χ4n) is 3.98. The molecule has 0 aromatic heterocycles. The van der Waals surface area contributed by atoms with Crippen LogP contribution in [0.2, 0.25) is 0 Å². The molecular formula is C18H20F6N2O. The van der Waals surface area contributed by atoms with Gasteiger partial charge in [-0.2, -0.15) is 26.3 Å². The smallest absolute Gasteiger partial charge is 0.332 e. The Kier molecular flexibility index (Phi) is 5.42. The molecule has 0 radical (unpaired) electrons. The summed E-state index contributed by atoms with van der Waals surface area (Å²) < 4.78 is 76.2. The second kappa shape index (κ2) is 7.33. The van der Waals surface area contributed by atoms with Gasteiger partial charge in [0.1, 0.15) is 6.54 Å². The molecule has 0 aliphatic carbocycles. The average molecular weight is 394 g/mol. The highest BCUT2D eigenvalue weighted by atomic mass is 19.4. The molecule has 2 aliphatic rings. The van der Waals surface area contributed by atoms with E-state index in [2.05, 4.69) is 0 Å². The van der Waals surface area contributed by atoms with Crippen LogP contribution < -0.4 is 0 Å². The van der Waals surface area contributed by atoms with Crippen molar-refractivity contribution in [2.75, 3.05) is 19.6 Å². The molecule has 0 N–H and O–H groups in total. The summed E-state index contributed by atoms with van der Waals surface area (Å²) in [5.41, 5.74) is -0.0910. The van der Waals surface area contributed by atoms with Gasteiger partial charge in [-0.15, -0.1) is 0 Å². The summed E-state index contributed by atoms with van der Waals surface area (Å²) in [6.07, 6.45) is -6.25. The number of carbonyl (C=O) groups excluding carboxylic acids is 1. The maximum Gasteiger partial charge on any atom is 0.416 e. The zero-order valence-corrected chi connectivity index (χ0v) is 14.5. The number of piperidine rings is 1. The van der Waals surface area contributed by atoms with Crippen molar-refractivity contribution in [2.45, 2.75) is 50.1 Å². The van der Waals surface area contributed by atoms with Crippen molar-refractivity contribution in [3.63, 3.8) is 0 Å². The molecule has 3 rings (SSSR count). The van der Waals surface area contributed by atoms with Gasteiger partial charge in [0.25, 0.3) is 0 Å². The van der Waals surface area contributed by atoms with Crippen molar-refractivity contribution >= 4 is 5.91 Å². The number of halogens is 6. The molecule has 2 fully saturated rings. The summed E-state index contributed by atoms with van der Waals surface area (Å²) in [6, 6.07) is 3.90. The zero-order valence-electron chi connectivity index (χ0n) is 14.5. The fraction of sp³-hybridized carbons (Fsp3) is 0.611. The van der Waals surface area contributed by atoms with E-state index in [0.29, 0.717) is 24.9 Å². The zero-order chi connectivity index (χ0) is 19.8. The molecule has 1 aromatic rings. The van der Waals surface area contributed by atoms with Crippen LogP contribution in [0, 0.1) is 0 Å². The van der Waals surface area contributed by atoms with Crippen LogP contribution in [0.15, 0.2) is 24.3 Å². The normalized spacial score (nSPS) is 25.3. The van der Waals surface area contributed by atoms with Gasteiger partial charge in [-0.3, -0.25) is 9.69 Å². The summed E-state index contributed by atoms with van der Waals surface area (Å²) in [5, 5.41) is 0. The number of carbonyl (C=O) groups is 1. The lowest BCUT2D eigenvalue weighted by atomic mass is 9.92. The van der Waals surface area contributed by atoms with E-state index in [1.807, 2.05) is 4.90 Å². The van der Waals surface area contributed by atoms with Crippen LogP contribution in [0.1, 0.15) is 42.9 Å². The van der Waals surface area contributed by atoms with Crippen molar-refractivity contribution in [2.24, 2.45) is 0 Å². The van der Waals surface area contributed by atoms with Gasteiger partial charge in [0.2, 0.25) is 5.91 Å². The molecule has 2 saturated heterocycles. The number of hydrogen-bond donors (Lipinski definition) is 0. The first-order chi connectivity index (χ1) is 12.6. The van der Waals surface area contributed by atoms with Gasteiger partial charge in [0, 0.05) is 12.6 Å². The Balaban J connectivity index is 1.77. The molecule has 27 heavy (non-hydrogen) atoms. The Morgan fingerprint density at radius 2 is 1.56 bits per heavy atom. The maximum atomic E-state index is 12.8. The number of amides is 1. The summed E-state index contributed by atoms with van der Waals surface area (Å²) in [7, 11) is 0. The first-order valence-corrected chi connectivity index (χ1v) is 8.85. The Morgan fingerprint density at radius 1 is 0.889 bits per heavy atom. The van der Waals surface area contributed by atoms with Crippen LogP contribution >= 0.6 is 0 Å². The Bertz CT molecular complexity index is 670. The maximum absolute atomic E-state index is 12.8. The van der Waals surface area contributed by atoms with Crippen molar-refractivity contribution in [1.82, 2.24) is 9.80 Å². The second-order valence-corrected chi connectivity index (χ2v) is 7.05. The van der Waals surface area contributed by atoms with Crippen LogP contribution in [0.25, 0.3) is 0 Å². The molecular weight excluding hydrogens is 374 g/mol. The lowest BCUT2D eigenvalue weighted by Crippen LogP contribution is -2.47. The van der Waals surface area contributed by atoms with E-state index in [0.717, 1.165) is 29.9 Å². The first kappa shape index (κ1) is 20.0. The SMILES string of the molecule is O=C1C(N2CCCCC2c2ccc(C(F)(F)F)cc2)CCN1CC(F)(F)F. The van der Waals surface area contributed by atoms with Crippen molar-refractivity contribution in [3.8, 4) is 0 Å². The Labute approximate surface area is 152 Å². The summed E-state index contributed by atoms with van der Waals surface area (Å²) in [5.74, 6) is -0.550. The summed E-state index contributed by atoms with van der Waals surface area (Å²) in [6.45, 7) is -0.678. The largest absolute Gasteiger partial charge is 0.416 e. The molecule has 1 amide bonds. The molecule has 0 bridgehead atoms. The molecule has 150 valence electrons. The van der Waals surface area contributed by atoms with E-state index in [1.54, 1.807) is 0 Å². The molecule has 2 heterocycles. The monoisotopic (exact) mass is 394 g/mol. The molecule has 9 heteroatoms. The highest BCUT2D eigenvalue weighted by Crippen LogP contribution is 2.37. The molecule has 2 unspecified atom stereocenters. The number of nitrogens with zero attached hydrogens (tertiary/aromatic N) is 2. The summed E-state index contributed by atoms with van der Waals surface area (Å²) >= 11 is 0. The van der Waals surface area contributed by atoms with Crippen LogP contribution in [-0.2, 0) is 11.0 Å². The Morgan fingerprint density at radius 3 is 2.15 bits per heavy atom. The third-order valence-electron chi connectivity index (χ3n) is 5.21. The average Bonchev–Trinajstić information content (AvgIpc) is 2.93. The predicted octanol–water partition coefficient (Wildman–Crippen LogP) is 4.40. The highest BCUT2D eigenvalue weighted by molar-refractivity contribution is 5.84.